The van der Waals surface area contributed by atoms with Crippen molar-refractivity contribution in [2.75, 3.05) is 19.0 Å². The molecule has 0 aliphatic rings. The molecule has 1 heterocycles. The van der Waals surface area contributed by atoms with Crippen LogP contribution in [-0.4, -0.2) is 46.0 Å². The lowest BCUT2D eigenvalue weighted by Gasteiger charge is -2.26. The predicted octanol–water partition coefficient (Wildman–Crippen LogP) is 5.35. The molecule has 0 aliphatic heterocycles. The fraction of sp³-hybridized carbons (Fsp3) is 0.207. The first-order valence-electron chi connectivity index (χ1n) is 11.8. The molecule has 0 bridgehead atoms. The molecule has 0 unspecified atom stereocenters. The molecule has 0 atom stereocenters. The van der Waals surface area contributed by atoms with Gasteiger partial charge < -0.3 is 9.64 Å². The number of imidazole rings is 1. The number of benzene rings is 3. The summed E-state index contributed by atoms with van der Waals surface area (Å²) < 4.78 is 7.10. The molecule has 7 nitrogen and oxygen atoms in total. The summed E-state index contributed by atoms with van der Waals surface area (Å²) in [4.78, 5) is 32.7. The third-order valence-corrected chi connectivity index (χ3v) is 5.82. The molecule has 0 aliphatic carbocycles. The highest BCUT2D eigenvalue weighted by Gasteiger charge is 2.23. The summed E-state index contributed by atoms with van der Waals surface area (Å²) >= 11 is 0. The predicted molar refractivity (Wildman–Crippen MR) is 142 cm³/mol. The number of rotatable bonds is 8. The van der Waals surface area contributed by atoms with Crippen molar-refractivity contribution < 1.29 is 14.3 Å². The molecular formula is C29H30N4O3. The Bertz CT molecular complexity index is 1360. The van der Waals surface area contributed by atoms with E-state index in [1.165, 1.54) is 4.90 Å². The van der Waals surface area contributed by atoms with Gasteiger partial charge in [0, 0.05) is 29.1 Å². The van der Waals surface area contributed by atoms with E-state index in [1.54, 1.807) is 31.4 Å². The zero-order valence-corrected chi connectivity index (χ0v) is 20.9. The number of nitrogens with one attached hydrogen (secondary N) is 1. The second-order valence-corrected chi connectivity index (χ2v) is 8.83. The summed E-state index contributed by atoms with van der Waals surface area (Å²) in [5.41, 5.74) is 4.11. The second kappa shape index (κ2) is 10.9. The van der Waals surface area contributed by atoms with Crippen molar-refractivity contribution in [3.8, 4) is 22.7 Å². The zero-order valence-electron chi connectivity index (χ0n) is 20.9. The van der Waals surface area contributed by atoms with E-state index in [0.717, 1.165) is 22.5 Å². The van der Waals surface area contributed by atoms with Crippen molar-refractivity contribution >= 4 is 17.8 Å². The maximum atomic E-state index is 13.2. The molecule has 2 amide bonds. The van der Waals surface area contributed by atoms with E-state index in [9.17, 15) is 9.59 Å². The zero-order chi connectivity index (χ0) is 25.7. The second-order valence-electron chi connectivity index (χ2n) is 8.83. The molecule has 3 aromatic carbocycles. The van der Waals surface area contributed by atoms with Gasteiger partial charge in [-0.05, 0) is 56.7 Å². The van der Waals surface area contributed by atoms with Crippen LogP contribution in [-0.2, 0) is 4.79 Å². The van der Waals surface area contributed by atoms with Gasteiger partial charge in [0.05, 0.1) is 12.8 Å². The van der Waals surface area contributed by atoms with Crippen molar-refractivity contribution in [1.29, 1.82) is 0 Å². The van der Waals surface area contributed by atoms with Gasteiger partial charge in [0.2, 0.25) is 11.9 Å². The SMILES string of the molecule is COc1cccc(C(=O)N(CC(=O)Nc2nc(-c3ccccc3)cn2-c2cccc(C)c2)C(C)C)c1. The van der Waals surface area contributed by atoms with Crippen LogP contribution in [0.3, 0.4) is 0 Å². The third-order valence-electron chi connectivity index (χ3n) is 5.82. The number of hydrogen-bond acceptors (Lipinski definition) is 4. The summed E-state index contributed by atoms with van der Waals surface area (Å²) in [7, 11) is 1.55. The fourth-order valence-electron chi connectivity index (χ4n) is 3.92. The monoisotopic (exact) mass is 482 g/mol. The van der Waals surface area contributed by atoms with E-state index in [2.05, 4.69) is 5.32 Å². The Morgan fingerprint density at radius 1 is 1.00 bits per heavy atom. The molecule has 0 saturated heterocycles. The summed E-state index contributed by atoms with van der Waals surface area (Å²) in [6, 6.07) is 24.5. The number of methoxy groups -OCH3 is 1. The van der Waals surface area contributed by atoms with Crippen molar-refractivity contribution in [3.05, 3.63) is 96.2 Å². The lowest BCUT2D eigenvalue weighted by molar-refractivity contribution is -0.117. The molecule has 0 saturated carbocycles. The summed E-state index contributed by atoms with van der Waals surface area (Å²) in [6.07, 6.45) is 1.90. The molecule has 4 rings (SSSR count). The molecule has 36 heavy (non-hydrogen) atoms. The Morgan fingerprint density at radius 3 is 2.44 bits per heavy atom. The van der Waals surface area contributed by atoms with Crippen molar-refractivity contribution in [3.63, 3.8) is 0 Å². The van der Waals surface area contributed by atoms with Gasteiger partial charge in [0.25, 0.3) is 5.91 Å². The number of nitrogens with zero attached hydrogens (tertiary/aromatic N) is 3. The largest absolute Gasteiger partial charge is 0.497 e. The normalized spacial score (nSPS) is 10.8. The smallest absolute Gasteiger partial charge is 0.254 e. The van der Waals surface area contributed by atoms with Gasteiger partial charge in [-0.3, -0.25) is 19.5 Å². The van der Waals surface area contributed by atoms with Crippen LogP contribution in [0, 0.1) is 6.92 Å². The number of aromatic nitrogens is 2. The molecule has 184 valence electrons. The fourth-order valence-corrected chi connectivity index (χ4v) is 3.92. The van der Waals surface area contributed by atoms with E-state index in [0.29, 0.717) is 17.3 Å². The lowest BCUT2D eigenvalue weighted by atomic mass is 10.1. The van der Waals surface area contributed by atoms with Gasteiger partial charge in [0.15, 0.2) is 0 Å². The standard InChI is InChI=1S/C29H30N4O3/c1-20(2)32(28(35)23-13-9-15-25(17-23)36-4)19-27(34)31-29-30-26(22-11-6-5-7-12-22)18-33(29)24-14-8-10-21(3)16-24/h5-18,20H,19H2,1-4H3,(H,30,31,34). The van der Waals surface area contributed by atoms with E-state index in [1.807, 2.05) is 86.1 Å². The van der Waals surface area contributed by atoms with Gasteiger partial charge in [-0.2, -0.15) is 0 Å². The number of ether oxygens (including phenoxy) is 1. The Labute approximate surface area is 211 Å². The summed E-state index contributed by atoms with van der Waals surface area (Å²) in [5, 5.41) is 2.93. The molecular weight excluding hydrogens is 452 g/mol. The van der Waals surface area contributed by atoms with E-state index in [-0.39, 0.29) is 24.4 Å². The number of anilines is 1. The highest BCUT2D eigenvalue weighted by molar-refractivity contribution is 5.99. The lowest BCUT2D eigenvalue weighted by Crippen LogP contribution is -2.42. The maximum Gasteiger partial charge on any atom is 0.254 e. The Morgan fingerprint density at radius 2 is 1.75 bits per heavy atom. The van der Waals surface area contributed by atoms with Crippen molar-refractivity contribution in [2.24, 2.45) is 0 Å². The minimum Gasteiger partial charge on any atom is -0.497 e. The Kier molecular flexibility index (Phi) is 7.49. The molecule has 0 fully saturated rings. The number of carbonyl (C=O) groups excluding carboxylic acids is 2. The quantitative estimate of drug-likeness (QED) is 0.368. The van der Waals surface area contributed by atoms with E-state index >= 15 is 0 Å². The first kappa shape index (κ1) is 24.7. The minimum atomic E-state index is -0.334. The first-order valence-corrected chi connectivity index (χ1v) is 11.8. The molecule has 1 aromatic heterocycles. The average molecular weight is 483 g/mol. The first-order chi connectivity index (χ1) is 17.4. The van der Waals surface area contributed by atoms with Crippen molar-refractivity contribution in [2.45, 2.75) is 26.8 Å². The summed E-state index contributed by atoms with van der Waals surface area (Å²) in [5.74, 6) is 0.398. The van der Waals surface area contributed by atoms with Gasteiger partial charge in [-0.25, -0.2) is 4.98 Å². The number of aryl methyl sites for hydroxylation is 1. The van der Waals surface area contributed by atoms with Gasteiger partial charge >= 0.3 is 0 Å². The Balaban J connectivity index is 1.61. The Hall–Kier alpha value is -4.39. The highest BCUT2D eigenvalue weighted by atomic mass is 16.5. The van der Waals surface area contributed by atoms with Crippen LogP contribution in [0.2, 0.25) is 0 Å². The van der Waals surface area contributed by atoms with Gasteiger partial charge in [0.1, 0.15) is 12.3 Å². The number of hydrogen-bond donors (Lipinski definition) is 1. The van der Waals surface area contributed by atoms with Crippen LogP contribution in [0.5, 0.6) is 5.75 Å². The third kappa shape index (κ3) is 5.63. The summed E-state index contributed by atoms with van der Waals surface area (Å²) in [6.45, 7) is 5.66. The van der Waals surface area contributed by atoms with Crippen LogP contribution in [0.4, 0.5) is 5.95 Å². The molecule has 4 aromatic rings. The van der Waals surface area contributed by atoms with Crippen LogP contribution >= 0.6 is 0 Å². The van der Waals surface area contributed by atoms with E-state index in [4.69, 9.17) is 9.72 Å². The minimum absolute atomic E-state index is 0.116. The molecule has 1 N–H and O–H groups in total. The molecule has 0 spiro atoms. The average Bonchev–Trinajstić information content (AvgIpc) is 3.31. The number of carbonyl (C=O) groups is 2. The van der Waals surface area contributed by atoms with Crippen LogP contribution in [0.15, 0.2) is 85.1 Å². The number of amides is 2. The van der Waals surface area contributed by atoms with Crippen molar-refractivity contribution in [1.82, 2.24) is 14.5 Å². The van der Waals surface area contributed by atoms with Crippen LogP contribution in [0.1, 0.15) is 29.8 Å². The van der Waals surface area contributed by atoms with Crippen LogP contribution < -0.4 is 10.1 Å². The van der Waals surface area contributed by atoms with Gasteiger partial charge in [-0.15, -0.1) is 0 Å². The van der Waals surface area contributed by atoms with Gasteiger partial charge in [-0.1, -0.05) is 48.5 Å². The van der Waals surface area contributed by atoms with E-state index < -0.39 is 0 Å². The topological polar surface area (TPSA) is 76.5 Å². The van der Waals surface area contributed by atoms with Crippen LogP contribution in [0.25, 0.3) is 16.9 Å². The highest BCUT2D eigenvalue weighted by Crippen LogP contribution is 2.25. The maximum absolute atomic E-state index is 13.2. The molecule has 0 radical (unpaired) electrons. The molecule has 7 heteroatoms.